The highest BCUT2D eigenvalue weighted by Gasteiger charge is 2.25. The van der Waals surface area contributed by atoms with E-state index in [1.54, 1.807) is 0 Å². The lowest BCUT2D eigenvalue weighted by molar-refractivity contribution is -0.113. The highest BCUT2D eigenvalue weighted by Crippen LogP contribution is 2.30. The van der Waals surface area contributed by atoms with Crippen molar-refractivity contribution in [1.82, 2.24) is 0 Å². The SMILES string of the molecule is [N-]=[N+]=NC1=CC2=CC(=O)C=CC2=C(N=[N+]=[N-])C1=O. The van der Waals surface area contributed by atoms with Crippen molar-refractivity contribution in [3.8, 4) is 0 Å². The number of carbonyl (C=O) groups is 2. The van der Waals surface area contributed by atoms with Crippen LogP contribution in [0.3, 0.4) is 0 Å². The number of azide groups is 2. The zero-order valence-electron chi connectivity index (χ0n) is 8.81. The Hall–Kier alpha value is -3.08. The van der Waals surface area contributed by atoms with Gasteiger partial charge < -0.3 is 0 Å². The van der Waals surface area contributed by atoms with Crippen LogP contribution in [0.2, 0.25) is 0 Å². The largest absolute Gasteiger partial charge is 0.290 e. The zero-order chi connectivity index (χ0) is 13.1. The summed E-state index contributed by atoms with van der Waals surface area (Å²) >= 11 is 0. The Bertz CT molecular complexity index is 681. The van der Waals surface area contributed by atoms with Gasteiger partial charge in [0, 0.05) is 9.82 Å². The van der Waals surface area contributed by atoms with E-state index in [4.69, 9.17) is 11.1 Å². The first-order valence-electron chi connectivity index (χ1n) is 4.72. The molecular weight excluding hydrogens is 236 g/mol. The third-order valence-electron chi connectivity index (χ3n) is 2.32. The molecule has 0 aromatic heterocycles. The summed E-state index contributed by atoms with van der Waals surface area (Å²) in [5, 5.41) is 6.50. The van der Waals surface area contributed by atoms with Crippen LogP contribution in [-0.4, -0.2) is 11.6 Å². The molecule has 0 atom stereocenters. The van der Waals surface area contributed by atoms with Crippen LogP contribution >= 0.6 is 0 Å². The highest BCUT2D eigenvalue weighted by atomic mass is 16.1. The van der Waals surface area contributed by atoms with Gasteiger partial charge >= 0.3 is 0 Å². The quantitative estimate of drug-likeness (QED) is 0.416. The number of rotatable bonds is 2. The van der Waals surface area contributed by atoms with Crippen molar-refractivity contribution in [3.63, 3.8) is 0 Å². The van der Waals surface area contributed by atoms with Crippen molar-refractivity contribution in [2.45, 2.75) is 0 Å². The van der Waals surface area contributed by atoms with Crippen molar-refractivity contribution in [3.05, 3.63) is 67.7 Å². The lowest BCUT2D eigenvalue weighted by atomic mass is 9.90. The van der Waals surface area contributed by atoms with Gasteiger partial charge in [-0.15, -0.1) is 0 Å². The van der Waals surface area contributed by atoms with Gasteiger partial charge in [0.2, 0.25) is 0 Å². The van der Waals surface area contributed by atoms with Crippen LogP contribution in [0, 0.1) is 0 Å². The summed E-state index contributed by atoms with van der Waals surface area (Å²) in [5.41, 5.74) is 17.1. The first kappa shape index (κ1) is 11.4. The predicted octanol–water partition coefficient (Wildman–Crippen LogP) is 2.39. The van der Waals surface area contributed by atoms with E-state index < -0.39 is 5.78 Å². The maximum Gasteiger partial charge on any atom is 0.198 e. The Morgan fingerprint density at radius 1 is 1.00 bits per heavy atom. The molecule has 0 spiro atoms. The fraction of sp³-hybridized carbons (Fsp3) is 0. The van der Waals surface area contributed by atoms with Crippen molar-refractivity contribution in [1.29, 1.82) is 0 Å². The van der Waals surface area contributed by atoms with Crippen LogP contribution in [-0.2, 0) is 9.59 Å². The van der Waals surface area contributed by atoms with Gasteiger partial charge in [0.1, 0.15) is 0 Å². The van der Waals surface area contributed by atoms with E-state index in [-0.39, 0.29) is 17.2 Å². The lowest BCUT2D eigenvalue weighted by Crippen LogP contribution is -2.13. The molecule has 0 aromatic rings. The molecule has 0 radical (unpaired) electrons. The third-order valence-corrected chi connectivity index (χ3v) is 2.32. The monoisotopic (exact) mass is 240 g/mol. The maximum absolute atomic E-state index is 11.8. The number of ketones is 2. The Morgan fingerprint density at radius 2 is 1.72 bits per heavy atom. The molecule has 0 aromatic carbocycles. The summed E-state index contributed by atoms with van der Waals surface area (Å²) in [4.78, 5) is 28.1. The van der Waals surface area contributed by atoms with E-state index in [2.05, 4.69) is 20.1 Å². The molecule has 8 nitrogen and oxygen atoms in total. The fourth-order valence-electron chi connectivity index (χ4n) is 1.60. The molecule has 0 aliphatic heterocycles. The molecule has 8 heteroatoms. The molecule has 0 saturated carbocycles. The second-order valence-electron chi connectivity index (χ2n) is 3.34. The molecule has 0 saturated heterocycles. The Labute approximate surface area is 99.8 Å². The van der Waals surface area contributed by atoms with Gasteiger partial charge in [-0.2, -0.15) is 0 Å². The number of hydrogen-bond acceptors (Lipinski definition) is 4. The molecular formula is C10H4N6O2. The first-order valence-corrected chi connectivity index (χ1v) is 4.72. The zero-order valence-corrected chi connectivity index (χ0v) is 8.81. The molecule has 2 rings (SSSR count). The van der Waals surface area contributed by atoms with Crippen molar-refractivity contribution in [2.75, 3.05) is 0 Å². The van der Waals surface area contributed by atoms with E-state index in [0.717, 1.165) is 0 Å². The molecule has 18 heavy (non-hydrogen) atoms. The van der Waals surface area contributed by atoms with Gasteiger partial charge in [-0.1, -0.05) is 10.2 Å². The van der Waals surface area contributed by atoms with Crippen molar-refractivity contribution >= 4 is 11.6 Å². The van der Waals surface area contributed by atoms with Gasteiger partial charge in [0.25, 0.3) is 0 Å². The number of hydrogen-bond donors (Lipinski definition) is 0. The lowest BCUT2D eigenvalue weighted by Gasteiger charge is -2.16. The van der Waals surface area contributed by atoms with Crippen LogP contribution < -0.4 is 0 Å². The minimum atomic E-state index is -0.670. The molecule has 0 fully saturated rings. The first-order chi connectivity index (χ1) is 8.67. The topological polar surface area (TPSA) is 132 Å². The molecule has 86 valence electrons. The fourth-order valence-corrected chi connectivity index (χ4v) is 1.60. The average Bonchev–Trinajstić information content (AvgIpc) is 2.34. The summed E-state index contributed by atoms with van der Waals surface area (Å²) in [6.45, 7) is 0. The number of allylic oxidation sites excluding steroid dienone is 6. The minimum Gasteiger partial charge on any atom is -0.290 e. The average molecular weight is 240 g/mol. The molecule has 0 amide bonds. The summed E-state index contributed by atoms with van der Waals surface area (Å²) in [6.07, 6.45) is 5.20. The molecule has 0 N–H and O–H groups in total. The predicted molar refractivity (Wildman–Crippen MR) is 60.6 cm³/mol. The van der Waals surface area contributed by atoms with Gasteiger partial charge in [-0.05, 0) is 46.5 Å². The number of nitrogens with zero attached hydrogens (tertiary/aromatic N) is 6. The molecule has 2 aliphatic carbocycles. The summed E-state index contributed by atoms with van der Waals surface area (Å²) in [5.74, 6) is -0.934. The van der Waals surface area contributed by atoms with E-state index in [9.17, 15) is 9.59 Å². The number of Topliss-reactive ketones (excluding diaryl/α,β-unsaturated/α-hetero) is 1. The van der Waals surface area contributed by atoms with Crippen LogP contribution in [0.15, 0.2) is 57.1 Å². The van der Waals surface area contributed by atoms with E-state index >= 15 is 0 Å². The second kappa shape index (κ2) is 4.42. The summed E-state index contributed by atoms with van der Waals surface area (Å²) in [7, 11) is 0. The van der Waals surface area contributed by atoms with Crippen molar-refractivity contribution < 1.29 is 9.59 Å². The maximum atomic E-state index is 11.8. The molecule has 0 heterocycles. The Kier molecular flexibility index (Phi) is 2.80. The Balaban J connectivity index is 2.68. The third kappa shape index (κ3) is 1.80. The van der Waals surface area contributed by atoms with Crippen molar-refractivity contribution in [2.24, 2.45) is 10.2 Å². The molecule has 0 bridgehead atoms. The van der Waals surface area contributed by atoms with Crippen LogP contribution in [0.25, 0.3) is 20.9 Å². The summed E-state index contributed by atoms with van der Waals surface area (Å²) in [6, 6.07) is 0. The van der Waals surface area contributed by atoms with Gasteiger partial charge in [-0.25, -0.2) is 0 Å². The van der Waals surface area contributed by atoms with Crippen LogP contribution in [0.5, 0.6) is 0 Å². The van der Waals surface area contributed by atoms with Crippen LogP contribution in [0.4, 0.5) is 0 Å². The van der Waals surface area contributed by atoms with Gasteiger partial charge in [-0.3, -0.25) is 9.59 Å². The number of carbonyl (C=O) groups excluding carboxylic acids is 2. The van der Waals surface area contributed by atoms with Crippen LogP contribution in [0.1, 0.15) is 0 Å². The van der Waals surface area contributed by atoms with Gasteiger partial charge in [0.15, 0.2) is 11.6 Å². The Morgan fingerprint density at radius 3 is 2.39 bits per heavy atom. The normalized spacial score (nSPS) is 17.3. The van der Waals surface area contributed by atoms with E-state index in [1.165, 1.54) is 24.3 Å². The molecule has 0 unspecified atom stereocenters. The number of fused-ring (bicyclic) bond motifs is 1. The van der Waals surface area contributed by atoms with Gasteiger partial charge in [0.05, 0.1) is 11.4 Å². The van der Waals surface area contributed by atoms with E-state index in [0.29, 0.717) is 11.1 Å². The van der Waals surface area contributed by atoms with E-state index in [1.807, 2.05) is 0 Å². The highest BCUT2D eigenvalue weighted by molar-refractivity contribution is 6.13. The standard InChI is InChI=1S/C10H4N6O2/c11-15-13-8-4-5-3-6(17)1-2-7(5)9(10(8)18)14-16-12/h1-4H. The smallest absolute Gasteiger partial charge is 0.198 e. The summed E-state index contributed by atoms with van der Waals surface area (Å²) < 4.78 is 0. The molecule has 2 aliphatic rings. The second-order valence-corrected chi connectivity index (χ2v) is 3.34. The minimum absolute atomic E-state index is 0.183.